The molecule has 15 heteroatoms. The third kappa shape index (κ3) is 5.42. The Morgan fingerprint density at radius 1 is 0.796 bits per heavy atom. The maximum atomic E-state index is 15.3. The fourth-order valence-electron chi connectivity index (χ4n) is 9.13. The first-order valence-corrected chi connectivity index (χ1v) is 17.4. The third-order valence-electron chi connectivity index (χ3n) is 11.1. The van der Waals surface area contributed by atoms with Gasteiger partial charge in [0.25, 0.3) is 0 Å². The third-order valence-corrected chi connectivity index (χ3v) is 11.4. The molecule has 0 aromatic heterocycles. The first-order chi connectivity index (χ1) is 25.7. The van der Waals surface area contributed by atoms with Crippen molar-refractivity contribution in [2.45, 2.75) is 30.5 Å². The zero-order chi connectivity index (χ0) is 38.3. The predicted molar refractivity (Wildman–Crippen MR) is 190 cm³/mol. The van der Waals surface area contributed by atoms with Crippen LogP contribution in [0.1, 0.15) is 29.9 Å². The Morgan fingerprint density at radius 3 is 2.19 bits per heavy atom. The fraction of sp³-hybridized carbons (Fsp3) is 0.231. The van der Waals surface area contributed by atoms with E-state index in [4.69, 9.17) is 11.6 Å². The summed E-state index contributed by atoms with van der Waals surface area (Å²) in [5, 5.41) is 31.3. The number of aromatic hydroxyl groups is 1. The van der Waals surface area contributed by atoms with Gasteiger partial charge in [0.15, 0.2) is 0 Å². The summed E-state index contributed by atoms with van der Waals surface area (Å²) in [6.07, 6.45) is -3.53. The second kappa shape index (κ2) is 12.9. The van der Waals surface area contributed by atoms with Crippen molar-refractivity contribution >= 4 is 59.2 Å². The number of alkyl halides is 3. The van der Waals surface area contributed by atoms with Crippen molar-refractivity contribution in [3.63, 3.8) is 0 Å². The van der Waals surface area contributed by atoms with E-state index >= 15 is 4.79 Å². The van der Waals surface area contributed by atoms with E-state index in [9.17, 15) is 42.7 Å². The van der Waals surface area contributed by atoms with Gasteiger partial charge in [-0.15, -0.1) is 13.2 Å². The van der Waals surface area contributed by atoms with E-state index in [0.29, 0.717) is 11.1 Å². The summed E-state index contributed by atoms with van der Waals surface area (Å²) >= 11 is 6.32. The van der Waals surface area contributed by atoms with Crippen LogP contribution < -0.4 is 20.0 Å². The van der Waals surface area contributed by atoms with Gasteiger partial charge in [-0.3, -0.25) is 24.1 Å². The molecule has 10 nitrogen and oxygen atoms in total. The second-order valence-electron chi connectivity index (χ2n) is 13.8. The summed E-state index contributed by atoms with van der Waals surface area (Å²) in [7, 11) is -1.88. The van der Waals surface area contributed by atoms with Crippen LogP contribution in [0.4, 0.5) is 24.5 Å². The van der Waals surface area contributed by atoms with Crippen LogP contribution in [0.25, 0.3) is 0 Å². The molecule has 54 heavy (non-hydrogen) atoms. The number of nitrogens with zero attached hydrogens (tertiary/aromatic N) is 2. The predicted octanol–water partition coefficient (Wildman–Crippen LogP) is 4.99. The minimum absolute atomic E-state index is 0.00836. The molecule has 274 valence electrons. The van der Waals surface area contributed by atoms with Crippen molar-refractivity contribution in [2.75, 3.05) is 9.80 Å². The number of ether oxygens (including phenoxy) is 1. The molecule has 0 bridgehead atoms. The smallest absolute Gasteiger partial charge is 0.508 e. The highest BCUT2D eigenvalue weighted by atomic mass is 35.5. The van der Waals surface area contributed by atoms with Gasteiger partial charge in [-0.05, 0) is 78.3 Å². The van der Waals surface area contributed by atoms with Gasteiger partial charge in [-0.2, -0.15) is 0 Å². The lowest BCUT2D eigenvalue weighted by Gasteiger charge is -2.50. The second-order valence-corrected chi connectivity index (χ2v) is 14.3. The average Bonchev–Trinajstić information content (AvgIpc) is 3.53. The normalized spacial score (nSPS) is 26.3. The van der Waals surface area contributed by atoms with E-state index in [1.54, 1.807) is 48.5 Å². The van der Waals surface area contributed by atoms with Gasteiger partial charge in [0, 0.05) is 16.5 Å². The van der Waals surface area contributed by atoms with E-state index in [2.05, 4.69) is 4.74 Å². The molecule has 3 fully saturated rings. The first kappa shape index (κ1) is 35.6. The number of imide groups is 2. The monoisotopic (exact) mass is 756 g/mol. The van der Waals surface area contributed by atoms with Crippen molar-refractivity contribution in [3.8, 4) is 11.5 Å². The summed E-state index contributed by atoms with van der Waals surface area (Å²) in [6, 6.07) is 23.0. The maximum Gasteiger partial charge on any atom is 0.573 e. The summed E-state index contributed by atoms with van der Waals surface area (Å²) in [5.74, 6) is -9.17. The van der Waals surface area contributed by atoms with Gasteiger partial charge in [0.2, 0.25) is 23.6 Å². The molecule has 0 radical (unpaired) electrons. The number of fused-ring (bicyclic) bond motifs is 4. The highest BCUT2D eigenvalue weighted by Gasteiger charge is 2.70. The first-order valence-electron chi connectivity index (χ1n) is 17.0. The van der Waals surface area contributed by atoms with Crippen LogP contribution >= 0.6 is 11.6 Å². The molecular formula is C39H29BClF3N2O8. The van der Waals surface area contributed by atoms with Gasteiger partial charge in [-0.1, -0.05) is 71.8 Å². The number of hydrogen-bond donors (Lipinski definition) is 3. The number of carbonyl (C=O) groups is 4. The summed E-state index contributed by atoms with van der Waals surface area (Å²) in [6.45, 7) is 0. The summed E-state index contributed by atoms with van der Waals surface area (Å²) in [4.78, 5) is 60.7. The lowest BCUT2D eigenvalue weighted by Crippen LogP contribution is -2.53. The van der Waals surface area contributed by atoms with Crippen LogP contribution in [-0.2, 0) is 24.6 Å². The molecule has 6 unspecified atom stereocenters. The highest BCUT2D eigenvalue weighted by Crippen LogP contribution is 2.65. The number of rotatable bonds is 6. The Hall–Kier alpha value is -5.44. The number of hydrogen-bond acceptors (Lipinski definition) is 8. The molecule has 6 atom stereocenters. The molecule has 2 aliphatic heterocycles. The number of benzene rings is 4. The van der Waals surface area contributed by atoms with E-state index in [-0.39, 0.29) is 40.3 Å². The number of amides is 4. The van der Waals surface area contributed by atoms with Gasteiger partial charge in [0.05, 0.1) is 34.5 Å². The van der Waals surface area contributed by atoms with Gasteiger partial charge in [0.1, 0.15) is 11.5 Å². The molecule has 4 aromatic carbocycles. The number of halogens is 4. The quantitative estimate of drug-likeness (QED) is 0.142. The molecule has 4 aromatic rings. The number of phenolic OH excluding ortho intramolecular Hbond substituents is 1. The van der Waals surface area contributed by atoms with E-state index in [1.165, 1.54) is 36.4 Å². The van der Waals surface area contributed by atoms with E-state index in [0.717, 1.165) is 28.0 Å². The summed E-state index contributed by atoms with van der Waals surface area (Å²) < 4.78 is 45.0. The van der Waals surface area contributed by atoms with Crippen LogP contribution in [0, 0.1) is 23.7 Å². The Kier molecular flexibility index (Phi) is 8.47. The SMILES string of the molecule is O=C1C2CC=C3C(CC4C(=O)N(c5cccc(Cl)c5)C(=O)C4(c4ccccc4)C3c3cc(OC(F)(F)F)ccc3O)C2C(=O)N1c1cccc(B(O)O)c1. The van der Waals surface area contributed by atoms with Crippen molar-refractivity contribution in [2.24, 2.45) is 23.7 Å². The number of phenols is 1. The molecule has 0 spiro atoms. The molecule has 4 aliphatic rings. The van der Waals surface area contributed by atoms with Crippen molar-refractivity contribution in [1.82, 2.24) is 0 Å². The van der Waals surface area contributed by atoms with E-state index < -0.39 is 83.6 Å². The topological polar surface area (TPSA) is 145 Å². The van der Waals surface area contributed by atoms with Crippen molar-refractivity contribution in [1.29, 1.82) is 0 Å². The lowest BCUT2D eigenvalue weighted by atomic mass is 9.49. The van der Waals surface area contributed by atoms with Gasteiger partial charge in [-0.25, -0.2) is 4.90 Å². The van der Waals surface area contributed by atoms with Crippen LogP contribution in [-0.4, -0.2) is 52.3 Å². The molecule has 1 saturated carbocycles. The average molecular weight is 757 g/mol. The molecular weight excluding hydrogens is 728 g/mol. The maximum absolute atomic E-state index is 15.3. The van der Waals surface area contributed by atoms with Gasteiger partial charge < -0.3 is 19.9 Å². The fourth-order valence-corrected chi connectivity index (χ4v) is 9.31. The van der Waals surface area contributed by atoms with E-state index in [1.807, 2.05) is 0 Å². The molecule has 2 heterocycles. The van der Waals surface area contributed by atoms with Crippen LogP contribution in [0.2, 0.25) is 5.02 Å². The number of allylic oxidation sites excluding steroid dienone is 2. The lowest BCUT2D eigenvalue weighted by molar-refractivity contribution is -0.274. The highest BCUT2D eigenvalue weighted by molar-refractivity contribution is 6.58. The Morgan fingerprint density at radius 2 is 1.50 bits per heavy atom. The molecule has 3 N–H and O–H groups in total. The van der Waals surface area contributed by atoms with Gasteiger partial charge >= 0.3 is 13.5 Å². The number of carbonyl (C=O) groups excluding carboxylic acids is 4. The largest absolute Gasteiger partial charge is 0.573 e. The van der Waals surface area contributed by atoms with Crippen LogP contribution in [0.3, 0.4) is 0 Å². The van der Waals surface area contributed by atoms with Crippen LogP contribution in [0.15, 0.2) is 109 Å². The van der Waals surface area contributed by atoms with Crippen molar-refractivity contribution in [3.05, 3.63) is 125 Å². The minimum Gasteiger partial charge on any atom is -0.508 e. The molecule has 4 amide bonds. The minimum atomic E-state index is -5.10. The molecule has 2 aliphatic carbocycles. The Balaban J connectivity index is 1.36. The van der Waals surface area contributed by atoms with Crippen molar-refractivity contribution < 1.29 is 52.2 Å². The molecule has 2 saturated heterocycles. The zero-order valence-corrected chi connectivity index (χ0v) is 28.7. The zero-order valence-electron chi connectivity index (χ0n) is 28.0. The number of anilines is 2. The molecule has 8 rings (SSSR count). The van der Waals surface area contributed by atoms with Crippen LogP contribution in [0.5, 0.6) is 11.5 Å². The Labute approximate surface area is 311 Å². The standard InChI is InChI=1S/C39H29BClF3N2O8/c41-22-9-5-11-24(17-22)46-35(49)30-19-28-26(13-14-27-32(28)36(50)45(34(27)48)23-10-4-8-21(16-23)40(52)53)33(38(30,37(46)51)20-6-2-1-3-7-20)29-18-25(12-15-31(29)47)54-39(42,43)44/h1-13,15-18,27-28,30,32-33,47,52-53H,14,19H2. The Bertz CT molecular complexity index is 2270. The summed E-state index contributed by atoms with van der Waals surface area (Å²) in [5.41, 5.74) is -0.966.